The standard InChI is InChI=1S/C16H21FO3S/c17-13-2-1-3-14(8-13)21-10-15(18)12-4-6-20-16(9-12)5-7-19-11-16/h1-3,8,12,15,18H,4-7,9-11H2. The number of rotatable bonds is 4. The minimum atomic E-state index is -0.389. The van der Waals surface area contributed by atoms with Gasteiger partial charge in [-0.25, -0.2) is 4.39 Å². The van der Waals surface area contributed by atoms with Gasteiger partial charge in [0.05, 0.1) is 18.3 Å². The summed E-state index contributed by atoms with van der Waals surface area (Å²) in [5, 5.41) is 10.4. The summed E-state index contributed by atoms with van der Waals surface area (Å²) in [5.74, 6) is 0.592. The van der Waals surface area contributed by atoms with Crippen LogP contribution in [0, 0.1) is 11.7 Å². The molecule has 1 aromatic rings. The van der Waals surface area contributed by atoms with Crippen LogP contribution in [-0.2, 0) is 9.47 Å². The van der Waals surface area contributed by atoms with Gasteiger partial charge in [0.25, 0.3) is 0 Å². The van der Waals surface area contributed by atoms with Crippen LogP contribution < -0.4 is 0 Å². The molecule has 3 unspecified atom stereocenters. The van der Waals surface area contributed by atoms with E-state index < -0.39 is 0 Å². The van der Waals surface area contributed by atoms with Gasteiger partial charge in [0, 0.05) is 30.3 Å². The molecule has 1 N–H and O–H groups in total. The summed E-state index contributed by atoms with van der Waals surface area (Å²) in [4.78, 5) is 0.861. The molecule has 1 aromatic carbocycles. The zero-order chi connectivity index (χ0) is 14.7. The second-order valence-corrected chi connectivity index (χ2v) is 7.02. The van der Waals surface area contributed by atoms with Crippen molar-refractivity contribution < 1.29 is 19.0 Å². The number of halogens is 1. The summed E-state index contributed by atoms with van der Waals surface area (Å²) >= 11 is 1.51. The number of hydrogen-bond donors (Lipinski definition) is 1. The normalized spacial score (nSPS) is 30.7. The quantitative estimate of drug-likeness (QED) is 0.868. The molecular formula is C16H21FO3S. The first-order valence-electron chi connectivity index (χ1n) is 7.45. The molecule has 2 fully saturated rings. The van der Waals surface area contributed by atoms with Crippen molar-refractivity contribution in [1.82, 2.24) is 0 Å². The summed E-state index contributed by atoms with van der Waals surface area (Å²) < 4.78 is 24.5. The minimum Gasteiger partial charge on any atom is -0.392 e. The van der Waals surface area contributed by atoms with Crippen molar-refractivity contribution in [2.45, 2.75) is 35.9 Å². The Morgan fingerprint density at radius 3 is 3.10 bits per heavy atom. The van der Waals surface area contributed by atoms with Gasteiger partial charge in [0.1, 0.15) is 5.82 Å². The fraction of sp³-hybridized carbons (Fsp3) is 0.625. The van der Waals surface area contributed by atoms with Gasteiger partial charge in [-0.15, -0.1) is 11.8 Å². The van der Waals surface area contributed by atoms with Crippen LogP contribution in [0.15, 0.2) is 29.2 Å². The fourth-order valence-corrected chi connectivity index (χ4v) is 4.14. The Morgan fingerprint density at radius 1 is 1.43 bits per heavy atom. The van der Waals surface area contributed by atoms with Crippen molar-refractivity contribution in [2.75, 3.05) is 25.6 Å². The largest absolute Gasteiger partial charge is 0.392 e. The number of aliphatic hydroxyl groups excluding tert-OH is 1. The minimum absolute atomic E-state index is 0.173. The van der Waals surface area contributed by atoms with Crippen molar-refractivity contribution in [2.24, 2.45) is 5.92 Å². The molecule has 0 bridgehead atoms. The highest BCUT2D eigenvalue weighted by molar-refractivity contribution is 7.99. The fourth-order valence-electron chi connectivity index (χ4n) is 3.13. The lowest BCUT2D eigenvalue weighted by Crippen LogP contribution is -2.44. The molecule has 2 aliphatic rings. The average molecular weight is 312 g/mol. The van der Waals surface area contributed by atoms with E-state index in [0.29, 0.717) is 19.0 Å². The number of thioether (sulfide) groups is 1. The summed E-state index contributed by atoms with van der Waals surface area (Å²) in [6.07, 6.45) is 2.28. The van der Waals surface area contributed by atoms with Gasteiger partial charge in [-0.2, -0.15) is 0 Å². The van der Waals surface area contributed by atoms with Crippen LogP contribution in [0.4, 0.5) is 4.39 Å². The molecule has 2 aliphatic heterocycles. The van der Waals surface area contributed by atoms with Gasteiger partial charge in [-0.1, -0.05) is 6.07 Å². The predicted octanol–water partition coefficient (Wildman–Crippen LogP) is 2.86. The lowest BCUT2D eigenvalue weighted by molar-refractivity contribution is -0.113. The van der Waals surface area contributed by atoms with E-state index in [0.717, 1.165) is 30.8 Å². The Labute approximate surface area is 128 Å². The van der Waals surface area contributed by atoms with Crippen molar-refractivity contribution in [3.8, 4) is 0 Å². The Bertz CT molecular complexity index is 476. The SMILES string of the molecule is OC(CSc1cccc(F)c1)C1CCOC2(CCOC2)C1. The van der Waals surface area contributed by atoms with E-state index in [1.807, 2.05) is 6.07 Å². The molecule has 1 spiro atoms. The Hall–Kier alpha value is -0.620. The summed E-state index contributed by atoms with van der Waals surface area (Å²) in [5.41, 5.74) is -0.173. The second-order valence-electron chi connectivity index (χ2n) is 5.92. The summed E-state index contributed by atoms with van der Waals surface area (Å²) in [7, 11) is 0. The molecule has 0 amide bonds. The van der Waals surface area contributed by atoms with Crippen molar-refractivity contribution in [1.29, 1.82) is 0 Å². The van der Waals surface area contributed by atoms with Crippen LogP contribution in [0.5, 0.6) is 0 Å². The van der Waals surface area contributed by atoms with E-state index in [1.54, 1.807) is 6.07 Å². The van der Waals surface area contributed by atoms with E-state index in [2.05, 4.69) is 0 Å². The molecule has 116 valence electrons. The maximum absolute atomic E-state index is 13.1. The third kappa shape index (κ3) is 3.77. The van der Waals surface area contributed by atoms with Crippen molar-refractivity contribution in [3.05, 3.63) is 30.1 Å². The number of benzene rings is 1. The molecular weight excluding hydrogens is 291 g/mol. The van der Waals surface area contributed by atoms with Gasteiger partial charge in [-0.05, 0) is 37.0 Å². The Balaban J connectivity index is 1.54. The molecule has 2 saturated heterocycles. The zero-order valence-electron chi connectivity index (χ0n) is 12.0. The zero-order valence-corrected chi connectivity index (χ0v) is 12.8. The van der Waals surface area contributed by atoms with Crippen molar-refractivity contribution >= 4 is 11.8 Å². The first-order chi connectivity index (χ1) is 10.2. The maximum atomic E-state index is 13.1. The third-order valence-electron chi connectivity index (χ3n) is 4.36. The van der Waals surface area contributed by atoms with E-state index in [1.165, 1.54) is 23.9 Å². The molecule has 3 rings (SSSR count). The topological polar surface area (TPSA) is 38.7 Å². The molecule has 3 atom stereocenters. The molecule has 0 aromatic heterocycles. The van der Waals surface area contributed by atoms with Gasteiger partial charge < -0.3 is 14.6 Å². The van der Waals surface area contributed by atoms with E-state index in [9.17, 15) is 9.50 Å². The smallest absolute Gasteiger partial charge is 0.124 e. The molecule has 21 heavy (non-hydrogen) atoms. The molecule has 0 saturated carbocycles. The first-order valence-corrected chi connectivity index (χ1v) is 8.44. The highest BCUT2D eigenvalue weighted by Crippen LogP contribution is 2.38. The predicted molar refractivity (Wildman–Crippen MR) is 80.0 cm³/mol. The molecule has 3 nitrogen and oxygen atoms in total. The Morgan fingerprint density at radius 2 is 2.33 bits per heavy atom. The average Bonchev–Trinajstić information content (AvgIpc) is 2.93. The van der Waals surface area contributed by atoms with Gasteiger partial charge in [0.15, 0.2) is 0 Å². The van der Waals surface area contributed by atoms with Gasteiger partial charge in [0.2, 0.25) is 0 Å². The van der Waals surface area contributed by atoms with E-state index >= 15 is 0 Å². The van der Waals surface area contributed by atoms with Gasteiger partial charge in [-0.3, -0.25) is 0 Å². The molecule has 0 radical (unpaired) electrons. The highest BCUT2D eigenvalue weighted by atomic mass is 32.2. The first kappa shape index (κ1) is 15.3. The van der Waals surface area contributed by atoms with Crippen LogP contribution in [0.25, 0.3) is 0 Å². The molecule has 0 aliphatic carbocycles. The van der Waals surface area contributed by atoms with Crippen LogP contribution in [-0.4, -0.2) is 42.4 Å². The highest BCUT2D eigenvalue weighted by Gasteiger charge is 2.42. The number of hydrogen-bond acceptors (Lipinski definition) is 4. The number of aliphatic hydroxyl groups is 1. The number of ether oxygens (including phenoxy) is 2. The van der Waals surface area contributed by atoms with Gasteiger partial charge >= 0.3 is 0 Å². The maximum Gasteiger partial charge on any atom is 0.124 e. The Kier molecular flexibility index (Phi) is 4.84. The summed E-state index contributed by atoms with van der Waals surface area (Å²) in [6, 6.07) is 6.51. The summed E-state index contributed by atoms with van der Waals surface area (Å²) in [6.45, 7) is 2.09. The second kappa shape index (κ2) is 6.65. The van der Waals surface area contributed by atoms with Crippen LogP contribution in [0.3, 0.4) is 0 Å². The monoisotopic (exact) mass is 312 g/mol. The molecule has 2 heterocycles. The van der Waals surface area contributed by atoms with E-state index in [4.69, 9.17) is 9.47 Å². The van der Waals surface area contributed by atoms with Crippen LogP contribution in [0.1, 0.15) is 19.3 Å². The molecule has 5 heteroatoms. The van der Waals surface area contributed by atoms with Crippen LogP contribution in [0.2, 0.25) is 0 Å². The third-order valence-corrected chi connectivity index (χ3v) is 5.45. The van der Waals surface area contributed by atoms with Crippen molar-refractivity contribution in [3.63, 3.8) is 0 Å². The lowest BCUT2D eigenvalue weighted by atomic mass is 9.82. The van der Waals surface area contributed by atoms with E-state index in [-0.39, 0.29) is 23.4 Å². The lowest BCUT2D eigenvalue weighted by Gasteiger charge is -2.38. The van der Waals surface area contributed by atoms with Crippen LogP contribution >= 0.6 is 11.8 Å².